The Morgan fingerprint density at radius 3 is 2.43 bits per heavy atom. The summed E-state index contributed by atoms with van der Waals surface area (Å²) in [4.78, 5) is 13.3. The summed E-state index contributed by atoms with van der Waals surface area (Å²) in [5.74, 6) is -0.572. The maximum atomic E-state index is 10.9. The molecule has 1 N–H and O–H groups in total. The topological polar surface area (TPSA) is 43.5 Å². The average molecular weight is 606 g/mol. The third-order valence-corrected chi connectivity index (χ3v) is 9.69. The van der Waals surface area contributed by atoms with Gasteiger partial charge in [0.25, 0.3) is 0 Å². The molecule has 3 aliphatic rings. The minimum atomic E-state index is -0.723. The first-order valence-corrected chi connectivity index (χ1v) is 15.2. The number of carboxylic acid groups (broad SMARTS) is 1. The SMILES string of the molecule is C[N+]1=C(/C=C/C2=C(Cl)C(C=C=C3N(CCCCCC(=O)O)c4ccccc4C3(C)C)CC2)C(C)(C)c2ccccc21.[Cl-]. The van der Waals surface area contributed by atoms with Crippen molar-refractivity contribution < 1.29 is 26.9 Å². The van der Waals surface area contributed by atoms with Crippen molar-refractivity contribution in [2.45, 2.75) is 77.0 Å². The van der Waals surface area contributed by atoms with Crippen LogP contribution in [0.15, 0.2) is 88.8 Å². The quantitative estimate of drug-likeness (QED) is 0.229. The molecule has 2 aromatic carbocycles. The number of carboxylic acids is 1. The van der Waals surface area contributed by atoms with Crippen LogP contribution in [0.5, 0.6) is 0 Å². The number of unbranched alkanes of at least 4 members (excludes halogenated alkanes) is 2. The molecule has 2 aromatic rings. The van der Waals surface area contributed by atoms with E-state index >= 15 is 0 Å². The number of carbonyl (C=O) groups is 1. The number of anilines is 1. The van der Waals surface area contributed by atoms with Crippen LogP contribution in [0.1, 0.15) is 77.3 Å². The number of nitrogens with zero attached hydrogens (tertiary/aromatic N) is 2. The fraction of sp³-hybridized carbons (Fsp3) is 0.417. The molecule has 1 atom stereocenters. The van der Waals surface area contributed by atoms with Gasteiger partial charge in [-0.1, -0.05) is 60.5 Å². The summed E-state index contributed by atoms with van der Waals surface area (Å²) in [6, 6.07) is 17.2. The van der Waals surface area contributed by atoms with Crippen molar-refractivity contribution in [3.63, 3.8) is 0 Å². The number of halogens is 2. The predicted octanol–water partition coefficient (Wildman–Crippen LogP) is 5.64. The monoisotopic (exact) mass is 604 g/mol. The summed E-state index contributed by atoms with van der Waals surface area (Å²) in [6.45, 7) is 9.96. The number of rotatable bonds is 9. The second kappa shape index (κ2) is 12.7. The van der Waals surface area contributed by atoms with Crippen molar-refractivity contribution in [1.29, 1.82) is 0 Å². The van der Waals surface area contributed by atoms with Crippen LogP contribution in [0.4, 0.5) is 11.4 Å². The van der Waals surface area contributed by atoms with E-state index in [2.05, 4.69) is 117 Å². The minimum Gasteiger partial charge on any atom is -1.00 e. The van der Waals surface area contributed by atoms with Crippen molar-refractivity contribution >= 4 is 34.7 Å². The number of benzene rings is 2. The minimum absolute atomic E-state index is 0. The van der Waals surface area contributed by atoms with E-state index in [0.29, 0.717) is 6.42 Å². The van der Waals surface area contributed by atoms with Gasteiger partial charge in [0.05, 0.1) is 11.1 Å². The van der Waals surface area contributed by atoms with Gasteiger partial charge in [0.1, 0.15) is 7.05 Å². The van der Waals surface area contributed by atoms with Crippen molar-refractivity contribution in [3.05, 3.63) is 99.9 Å². The first-order valence-electron chi connectivity index (χ1n) is 14.9. The van der Waals surface area contributed by atoms with Gasteiger partial charge in [-0.15, -0.1) is 5.73 Å². The first-order chi connectivity index (χ1) is 19.5. The standard InChI is InChI=1S/C36H41ClN2O2.ClH/c1-35(2)27-13-8-10-15-29(27)38(5)31(35)22-20-25-18-19-26(34(25)37)21-23-32-36(3,4)28-14-9-11-16-30(28)39(32)24-12-6-7-17-33(40)41;/h8-11,13-16,20-22,26H,6-7,12,17-19,24H2,1-5H3;1H/b22-20+;. The van der Waals surface area contributed by atoms with Crippen LogP contribution in [0.25, 0.3) is 0 Å². The van der Waals surface area contributed by atoms with Crippen LogP contribution in [0.2, 0.25) is 0 Å². The fourth-order valence-electron chi connectivity index (χ4n) is 6.81. The van der Waals surface area contributed by atoms with Crippen LogP contribution in [-0.2, 0) is 15.6 Å². The Kier molecular flexibility index (Phi) is 9.62. The summed E-state index contributed by atoms with van der Waals surface area (Å²) in [7, 11) is 2.15. The highest BCUT2D eigenvalue weighted by Gasteiger charge is 2.43. The smallest absolute Gasteiger partial charge is 0.303 e. The van der Waals surface area contributed by atoms with Gasteiger partial charge in [0.15, 0.2) is 5.71 Å². The summed E-state index contributed by atoms with van der Waals surface area (Å²) in [5.41, 5.74) is 12.3. The van der Waals surface area contributed by atoms with Gasteiger partial charge in [-0.25, -0.2) is 0 Å². The zero-order valence-corrected chi connectivity index (χ0v) is 26.9. The molecule has 6 heteroatoms. The van der Waals surface area contributed by atoms with E-state index in [1.807, 2.05) is 0 Å². The number of para-hydroxylation sites is 2. The van der Waals surface area contributed by atoms with Gasteiger partial charge in [-0.3, -0.25) is 4.79 Å². The average Bonchev–Trinajstić information content (AvgIpc) is 3.47. The van der Waals surface area contributed by atoms with Gasteiger partial charge in [0.2, 0.25) is 5.69 Å². The van der Waals surface area contributed by atoms with Crippen LogP contribution in [0, 0.1) is 5.92 Å². The molecule has 0 spiro atoms. The zero-order chi connectivity index (χ0) is 29.4. The summed E-state index contributed by atoms with van der Waals surface area (Å²) < 4.78 is 2.30. The van der Waals surface area contributed by atoms with E-state index in [4.69, 9.17) is 16.7 Å². The Balaban J connectivity index is 0.00000405. The molecule has 0 radical (unpaired) electrons. The highest BCUT2D eigenvalue weighted by molar-refractivity contribution is 6.30. The molecular formula is C36H42Cl2N2O2. The molecular weight excluding hydrogens is 563 g/mol. The number of aliphatic carboxylic acids is 1. The van der Waals surface area contributed by atoms with Gasteiger partial charge in [-0.05, 0) is 76.7 Å². The summed E-state index contributed by atoms with van der Waals surface area (Å²) in [6.07, 6.45) is 11.4. The van der Waals surface area contributed by atoms with Crippen LogP contribution < -0.4 is 17.3 Å². The van der Waals surface area contributed by atoms with Gasteiger partial charge >= 0.3 is 5.97 Å². The molecule has 5 rings (SSSR count). The molecule has 0 saturated heterocycles. The molecule has 2 heterocycles. The second-order valence-corrected chi connectivity index (χ2v) is 13.0. The van der Waals surface area contributed by atoms with Gasteiger partial charge in [-0.2, -0.15) is 4.58 Å². The second-order valence-electron chi connectivity index (χ2n) is 12.6. The molecule has 4 nitrogen and oxygen atoms in total. The third kappa shape index (κ3) is 5.91. The highest BCUT2D eigenvalue weighted by Crippen LogP contribution is 2.47. The highest BCUT2D eigenvalue weighted by atomic mass is 35.5. The van der Waals surface area contributed by atoms with E-state index in [-0.39, 0.29) is 35.6 Å². The Morgan fingerprint density at radius 1 is 1.02 bits per heavy atom. The van der Waals surface area contributed by atoms with Crippen molar-refractivity contribution in [2.24, 2.45) is 5.92 Å². The normalized spacial score (nSPS) is 20.1. The third-order valence-electron chi connectivity index (χ3n) is 9.16. The molecule has 0 saturated carbocycles. The lowest BCUT2D eigenvalue weighted by Gasteiger charge is -2.25. The van der Waals surface area contributed by atoms with Crippen molar-refractivity contribution in [2.75, 3.05) is 18.5 Å². The van der Waals surface area contributed by atoms with Gasteiger partial charge in [0, 0.05) is 52.7 Å². The lowest BCUT2D eigenvalue weighted by molar-refractivity contribution is -0.401. The van der Waals surface area contributed by atoms with Crippen molar-refractivity contribution in [1.82, 2.24) is 0 Å². The number of hydrogen-bond donors (Lipinski definition) is 1. The molecule has 0 amide bonds. The fourth-order valence-corrected chi connectivity index (χ4v) is 7.14. The molecule has 222 valence electrons. The lowest BCUT2D eigenvalue weighted by atomic mass is 9.81. The zero-order valence-electron chi connectivity index (χ0n) is 25.4. The lowest BCUT2D eigenvalue weighted by Crippen LogP contribution is -3.00. The van der Waals surface area contributed by atoms with E-state index in [1.54, 1.807) is 0 Å². The largest absolute Gasteiger partial charge is 1.00 e. The first kappa shape index (κ1) is 31.9. The maximum absolute atomic E-state index is 10.9. The predicted molar refractivity (Wildman–Crippen MR) is 170 cm³/mol. The molecule has 1 unspecified atom stereocenters. The Morgan fingerprint density at radius 2 is 1.71 bits per heavy atom. The van der Waals surface area contributed by atoms with Crippen LogP contribution in [-0.4, -0.2) is 35.0 Å². The Hall–Kier alpha value is -3.04. The molecule has 1 aliphatic carbocycles. The maximum Gasteiger partial charge on any atom is 0.303 e. The molecule has 0 fully saturated rings. The van der Waals surface area contributed by atoms with Crippen LogP contribution in [0.3, 0.4) is 0 Å². The van der Waals surface area contributed by atoms with Crippen molar-refractivity contribution in [3.8, 4) is 0 Å². The van der Waals surface area contributed by atoms with E-state index in [0.717, 1.165) is 43.0 Å². The molecule has 0 aromatic heterocycles. The van der Waals surface area contributed by atoms with Crippen LogP contribution >= 0.6 is 11.6 Å². The summed E-state index contributed by atoms with van der Waals surface area (Å²) >= 11 is 7.02. The van der Waals surface area contributed by atoms with Gasteiger partial charge < -0.3 is 22.4 Å². The van der Waals surface area contributed by atoms with E-state index in [9.17, 15) is 4.79 Å². The number of allylic oxidation sites excluding steroid dienone is 5. The number of hydrogen-bond acceptors (Lipinski definition) is 2. The molecule has 42 heavy (non-hydrogen) atoms. The summed E-state index contributed by atoms with van der Waals surface area (Å²) in [5, 5.41) is 9.91. The number of fused-ring (bicyclic) bond motifs is 2. The molecule has 0 bridgehead atoms. The molecule has 2 aliphatic heterocycles. The Labute approximate surface area is 262 Å². The van der Waals surface area contributed by atoms with E-state index < -0.39 is 5.97 Å². The Bertz CT molecular complexity index is 1520. The van der Waals surface area contributed by atoms with E-state index in [1.165, 1.54) is 33.8 Å².